The Balaban J connectivity index is 1.24. The summed E-state index contributed by atoms with van der Waals surface area (Å²) >= 11 is 0. The average Bonchev–Trinajstić information content (AvgIpc) is 3.09. The molecular weight excluding hydrogens is 326 g/mol. The normalized spacial score (nSPS) is 20.2. The van der Waals surface area contributed by atoms with E-state index in [0.717, 1.165) is 50.8 Å². The summed E-state index contributed by atoms with van der Waals surface area (Å²) in [4.78, 5) is 9.27. The molecule has 1 unspecified atom stereocenters. The molecule has 1 aromatic carbocycles. The number of aryl methyl sites for hydroxylation is 1. The molecule has 0 aliphatic carbocycles. The van der Waals surface area contributed by atoms with Crippen molar-refractivity contribution in [3.05, 3.63) is 53.9 Å². The lowest BCUT2D eigenvalue weighted by atomic mass is 10.2. The number of morpholine rings is 1. The maximum atomic E-state index is 5.88. The highest BCUT2D eigenvalue weighted by Crippen LogP contribution is 2.27. The molecule has 1 fully saturated rings. The second-order valence-electron chi connectivity index (χ2n) is 7.11. The number of rotatable bonds is 6. The lowest BCUT2D eigenvalue weighted by Gasteiger charge is -2.34. The first-order valence-corrected chi connectivity index (χ1v) is 9.50. The van der Waals surface area contributed by atoms with Crippen LogP contribution >= 0.6 is 0 Å². The van der Waals surface area contributed by atoms with Crippen LogP contribution in [-0.2, 0) is 11.2 Å². The molecule has 0 radical (unpaired) electrons. The van der Waals surface area contributed by atoms with Gasteiger partial charge in [-0.05, 0) is 37.1 Å². The summed E-state index contributed by atoms with van der Waals surface area (Å²) in [5.74, 6) is 0.810. The molecule has 1 saturated heterocycles. The second kappa shape index (κ2) is 8.06. The molecule has 2 aliphatic heterocycles. The molecule has 26 heavy (non-hydrogen) atoms. The van der Waals surface area contributed by atoms with Gasteiger partial charge in [0.25, 0.3) is 0 Å². The van der Waals surface area contributed by atoms with Gasteiger partial charge >= 0.3 is 0 Å². The van der Waals surface area contributed by atoms with Crippen LogP contribution in [0, 0.1) is 6.92 Å². The number of fused-ring (bicyclic) bond motifs is 1. The fourth-order valence-corrected chi connectivity index (χ4v) is 3.71. The molecule has 1 atom stereocenters. The van der Waals surface area contributed by atoms with Crippen molar-refractivity contribution in [2.75, 3.05) is 50.8 Å². The largest absolute Gasteiger partial charge is 0.489 e. The Morgan fingerprint density at radius 2 is 2.08 bits per heavy atom. The molecule has 0 amide bonds. The minimum atomic E-state index is 0.121. The minimum absolute atomic E-state index is 0.121. The summed E-state index contributed by atoms with van der Waals surface area (Å²) in [7, 11) is 0. The van der Waals surface area contributed by atoms with Gasteiger partial charge in [-0.25, -0.2) is 0 Å². The molecule has 138 valence electrons. The molecule has 0 spiro atoms. The van der Waals surface area contributed by atoms with Gasteiger partial charge in [0.15, 0.2) is 0 Å². The van der Waals surface area contributed by atoms with E-state index < -0.39 is 0 Å². The Morgan fingerprint density at radius 3 is 2.96 bits per heavy atom. The Morgan fingerprint density at radius 1 is 1.15 bits per heavy atom. The summed E-state index contributed by atoms with van der Waals surface area (Å²) in [5.41, 5.74) is 3.89. The van der Waals surface area contributed by atoms with E-state index in [1.54, 1.807) is 6.20 Å². The maximum Gasteiger partial charge on any atom is 0.137 e. The van der Waals surface area contributed by atoms with Gasteiger partial charge in [0.05, 0.1) is 12.8 Å². The first-order valence-electron chi connectivity index (χ1n) is 9.50. The number of anilines is 1. The number of para-hydroxylation sites is 1. The van der Waals surface area contributed by atoms with Crippen molar-refractivity contribution in [2.45, 2.75) is 19.4 Å². The molecule has 5 nitrogen and oxygen atoms in total. The third-order valence-corrected chi connectivity index (χ3v) is 5.21. The van der Waals surface area contributed by atoms with Gasteiger partial charge < -0.3 is 14.4 Å². The van der Waals surface area contributed by atoms with E-state index in [0.29, 0.717) is 6.61 Å². The SMILES string of the molecule is Cc1ccc(OCC2CN(CCN3CCc4ccccc43)CCO2)cn1. The smallest absolute Gasteiger partial charge is 0.137 e. The number of pyridine rings is 1. The number of hydrogen-bond donors (Lipinski definition) is 0. The molecule has 0 saturated carbocycles. The highest BCUT2D eigenvalue weighted by molar-refractivity contribution is 5.57. The summed E-state index contributed by atoms with van der Waals surface area (Å²) in [6.45, 7) is 8.53. The van der Waals surface area contributed by atoms with Gasteiger partial charge in [-0.2, -0.15) is 0 Å². The number of aromatic nitrogens is 1. The van der Waals surface area contributed by atoms with Crippen LogP contribution in [0.25, 0.3) is 0 Å². The van der Waals surface area contributed by atoms with Gasteiger partial charge in [0.1, 0.15) is 18.5 Å². The van der Waals surface area contributed by atoms with Gasteiger partial charge in [-0.3, -0.25) is 9.88 Å². The monoisotopic (exact) mass is 353 g/mol. The Bertz CT molecular complexity index is 719. The predicted molar refractivity (Wildman–Crippen MR) is 103 cm³/mol. The fraction of sp³-hybridized carbons (Fsp3) is 0.476. The van der Waals surface area contributed by atoms with Crippen molar-refractivity contribution in [1.82, 2.24) is 9.88 Å². The topological polar surface area (TPSA) is 37.8 Å². The zero-order valence-electron chi connectivity index (χ0n) is 15.4. The Hall–Kier alpha value is -2.11. The quantitative estimate of drug-likeness (QED) is 0.798. The third-order valence-electron chi connectivity index (χ3n) is 5.21. The minimum Gasteiger partial charge on any atom is -0.489 e. The van der Waals surface area contributed by atoms with Crippen molar-refractivity contribution < 1.29 is 9.47 Å². The molecule has 3 heterocycles. The lowest BCUT2D eigenvalue weighted by Crippen LogP contribution is -2.47. The number of benzene rings is 1. The molecule has 4 rings (SSSR count). The summed E-state index contributed by atoms with van der Waals surface area (Å²) in [6.07, 6.45) is 3.07. The van der Waals surface area contributed by atoms with Crippen LogP contribution in [0.15, 0.2) is 42.6 Å². The van der Waals surface area contributed by atoms with Crippen LogP contribution < -0.4 is 9.64 Å². The number of nitrogens with zero attached hydrogens (tertiary/aromatic N) is 3. The predicted octanol–water partition coefficient (Wildman–Crippen LogP) is 2.53. The summed E-state index contributed by atoms with van der Waals surface area (Å²) < 4.78 is 11.7. The van der Waals surface area contributed by atoms with E-state index in [2.05, 4.69) is 39.0 Å². The van der Waals surface area contributed by atoms with Crippen molar-refractivity contribution >= 4 is 5.69 Å². The maximum absolute atomic E-state index is 5.88. The second-order valence-corrected chi connectivity index (χ2v) is 7.11. The molecule has 5 heteroatoms. The molecule has 1 aromatic heterocycles. The van der Waals surface area contributed by atoms with Crippen LogP contribution in [0.5, 0.6) is 5.75 Å². The zero-order chi connectivity index (χ0) is 17.8. The number of hydrogen-bond acceptors (Lipinski definition) is 5. The molecule has 2 aliphatic rings. The van der Waals surface area contributed by atoms with E-state index in [1.165, 1.54) is 17.7 Å². The van der Waals surface area contributed by atoms with Crippen LogP contribution in [0.4, 0.5) is 5.69 Å². The molecular formula is C21H27N3O2. The van der Waals surface area contributed by atoms with Gasteiger partial charge in [0, 0.05) is 44.1 Å². The molecule has 0 N–H and O–H groups in total. The van der Waals surface area contributed by atoms with Gasteiger partial charge in [-0.15, -0.1) is 0 Å². The van der Waals surface area contributed by atoms with E-state index in [9.17, 15) is 0 Å². The van der Waals surface area contributed by atoms with E-state index in [-0.39, 0.29) is 6.10 Å². The van der Waals surface area contributed by atoms with Crippen LogP contribution in [0.3, 0.4) is 0 Å². The highest BCUT2D eigenvalue weighted by Gasteiger charge is 2.23. The van der Waals surface area contributed by atoms with Crippen molar-refractivity contribution in [3.63, 3.8) is 0 Å². The summed E-state index contributed by atoms with van der Waals surface area (Å²) in [5, 5.41) is 0. The van der Waals surface area contributed by atoms with Crippen molar-refractivity contribution in [3.8, 4) is 5.75 Å². The zero-order valence-corrected chi connectivity index (χ0v) is 15.4. The average molecular weight is 353 g/mol. The van der Waals surface area contributed by atoms with E-state index in [1.807, 2.05) is 19.1 Å². The number of ether oxygens (including phenoxy) is 2. The Labute approximate surface area is 155 Å². The first kappa shape index (κ1) is 17.3. The standard InChI is InChI=1S/C21H27N3O2/c1-17-6-7-19(14-22-17)26-16-20-15-23(12-13-25-20)10-11-24-9-8-18-4-2-3-5-21(18)24/h2-7,14,20H,8-13,15-16H2,1H3. The Kier molecular flexibility index (Phi) is 5.37. The summed E-state index contributed by atoms with van der Waals surface area (Å²) in [6, 6.07) is 12.7. The van der Waals surface area contributed by atoms with Crippen LogP contribution in [-0.4, -0.2) is 61.9 Å². The van der Waals surface area contributed by atoms with E-state index in [4.69, 9.17) is 9.47 Å². The van der Waals surface area contributed by atoms with Crippen molar-refractivity contribution in [1.29, 1.82) is 0 Å². The first-order chi connectivity index (χ1) is 12.8. The highest BCUT2D eigenvalue weighted by atomic mass is 16.5. The van der Waals surface area contributed by atoms with Crippen LogP contribution in [0.1, 0.15) is 11.3 Å². The van der Waals surface area contributed by atoms with Gasteiger partial charge in [-0.1, -0.05) is 18.2 Å². The van der Waals surface area contributed by atoms with Gasteiger partial charge in [0.2, 0.25) is 0 Å². The fourth-order valence-electron chi connectivity index (χ4n) is 3.71. The molecule has 2 aromatic rings. The molecule has 0 bridgehead atoms. The van der Waals surface area contributed by atoms with E-state index >= 15 is 0 Å². The van der Waals surface area contributed by atoms with Crippen LogP contribution in [0.2, 0.25) is 0 Å². The van der Waals surface area contributed by atoms with Crippen molar-refractivity contribution in [2.24, 2.45) is 0 Å². The lowest BCUT2D eigenvalue weighted by molar-refractivity contribution is -0.0471. The third kappa shape index (κ3) is 4.17.